The molecule has 2 rings (SSSR count). The summed E-state index contributed by atoms with van der Waals surface area (Å²) in [6.07, 6.45) is 1.15. The standard InChI is InChI=1S/C21H27FN4O/c1-3-17-8-4-5-9-18(17)15-26-21(23-2)25-12-11-24-20(27)14-16-7-6-10-19(22)13-16/h4-10,13H,3,11-12,14-15H2,1-2H3,(H,24,27)(H2,23,25,26). The molecule has 3 N–H and O–H groups in total. The highest BCUT2D eigenvalue weighted by molar-refractivity contribution is 5.80. The van der Waals surface area contributed by atoms with Gasteiger partial charge in [0.05, 0.1) is 6.42 Å². The van der Waals surface area contributed by atoms with E-state index in [1.165, 1.54) is 23.3 Å². The predicted octanol–water partition coefficient (Wildman–Crippen LogP) is 2.41. The van der Waals surface area contributed by atoms with Crippen LogP contribution in [0.2, 0.25) is 0 Å². The van der Waals surface area contributed by atoms with Crippen LogP contribution in [-0.4, -0.2) is 32.0 Å². The van der Waals surface area contributed by atoms with Crippen LogP contribution >= 0.6 is 0 Å². The van der Waals surface area contributed by atoms with Crippen LogP contribution in [0.15, 0.2) is 53.5 Å². The molecular weight excluding hydrogens is 343 g/mol. The van der Waals surface area contributed by atoms with Crippen LogP contribution in [0.25, 0.3) is 0 Å². The number of rotatable bonds is 8. The fraction of sp³-hybridized carbons (Fsp3) is 0.333. The monoisotopic (exact) mass is 370 g/mol. The molecule has 0 atom stereocenters. The molecule has 27 heavy (non-hydrogen) atoms. The molecule has 0 heterocycles. The lowest BCUT2D eigenvalue weighted by Gasteiger charge is -2.14. The van der Waals surface area contributed by atoms with E-state index < -0.39 is 0 Å². The number of carbonyl (C=O) groups excluding carboxylic acids is 1. The molecule has 0 aliphatic carbocycles. The molecule has 0 aliphatic heterocycles. The Hall–Kier alpha value is -2.89. The second kappa shape index (κ2) is 11.0. The summed E-state index contributed by atoms with van der Waals surface area (Å²) in [6, 6.07) is 14.4. The molecule has 144 valence electrons. The zero-order valence-electron chi connectivity index (χ0n) is 15.9. The average molecular weight is 370 g/mol. The third-order valence-electron chi connectivity index (χ3n) is 4.16. The number of guanidine groups is 1. The van der Waals surface area contributed by atoms with Crippen molar-refractivity contribution < 1.29 is 9.18 Å². The molecule has 5 nitrogen and oxygen atoms in total. The molecule has 0 fully saturated rings. The maximum absolute atomic E-state index is 13.1. The number of hydrogen-bond donors (Lipinski definition) is 3. The van der Waals surface area contributed by atoms with Gasteiger partial charge in [-0.1, -0.05) is 43.3 Å². The lowest BCUT2D eigenvalue weighted by atomic mass is 10.1. The summed E-state index contributed by atoms with van der Waals surface area (Å²) in [6.45, 7) is 3.83. The summed E-state index contributed by atoms with van der Waals surface area (Å²) in [5.74, 6) is 0.212. The molecule has 0 unspecified atom stereocenters. The van der Waals surface area contributed by atoms with Crippen LogP contribution in [0.4, 0.5) is 4.39 Å². The second-order valence-corrected chi connectivity index (χ2v) is 6.13. The number of amides is 1. The van der Waals surface area contributed by atoms with Crippen molar-refractivity contribution in [2.75, 3.05) is 20.1 Å². The van der Waals surface area contributed by atoms with E-state index in [-0.39, 0.29) is 18.1 Å². The fourth-order valence-electron chi connectivity index (χ4n) is 2.75. The van der Waals surface area contributed by atoms with Gasteiger partial charge in [0.15, 0.2) is 5.96 Å². The molecular formula is C21H27FN4O. The molecule has 1 amide bonds. The number of aryl methyl sites for hydroxylation is 1. The molecule has 0 radical (unpaired) electrons. The lowest BCUT2D eigenvalue weighted by Crippen LogP contribution is -2.41. The quantitative estimate of drug-likeness (QED) is 0.380. The highest BCUT2D eigenvalue weighted by Crippen LogP contribution is 2.08. The normalized spacial score (nSPS) is 11.1. The largest absolute Gasteiger partial charge is 0.355 e. The van der Waals surface area contributed by atoms with Gasteiger partial charge in [0.2, 0.25) is 5.91 Å². The Labute approximate surface area is 160 Å². The Balaban J connectivity index is 1.69. The number of carbonyl (C=O) groups is 1. The van der Waals surface area contributed by atoms with Gasteiger partial charge in [0.1, 0.15) is 5.82 Å². The maximum Gasteiger partial charge on any atom is 0.224 e. The van der Waals surface area contributed by atoms with Crippen molar-refractivity contribution >= 4 is 11.9 Å². The van der Waals surface area contributed by atoms with Crippen LogP contribution < -0.4 is 16.0 Å². The van der Waals surface area contributed by atoms with Gasteiger partial charge < -0.3 is 16.0 Å². The van der Waals surface area contributed by atoms with Crippen molar-refractivity contribution in [3.8, 4) is 0 Å². The van der Waals surface area contributed by atoms with Gasteiger partial charge in [-0.15, -0.1) is 0 Å². The minimum atomic E-state index is -0.332. The molecule has 2 aromatic rings. The van der Waals surface area contributed by atoms with Crippen LogP contribution in [0.3, 0.4) is 0 Å². The number of aliphatic imine (C=N–C) groups is 1. The van der Waals surface area contributed by atoms with E-state index in [9.17, 15) is 9.18 Å². The van der Waals surface area contributed by atoms with Gasteiger partial charge in [0, 0.05) is 26.7 Å². The zero-order valence-corrected chi connectivity index (χ0v) is 15.9. The third-order valence-corrected chi connectivity index (χ3v) is 4.16. The molecule has 0 aromatic heterocycles. The summed E-state index contributed by atoms with van der Waals surface area (Å²) in [5, 5.41) is 9.26. The first-order chi connectivity index (χ1) is 13.1. The number of halogens is 1. The summed E-state index contributed by atoms with van der Waals surface area (Å²) in [4.78, 5) is 16.1. The fourth-order valence-corrected chi connectivity index (χ4v) is 2.75. The number of hydrogen-bond acceptors (Lipinski definition) is 2. The predicted molar refractivity (Wildman–Crippen MR) is 107 cm³/mol. The van der Waals surface area contributed by atoms with Crippen LogP contribution in [0.1, 0.15) is 23.6 Å². The summed E-state index contributed by atoms with van der Waals surface area (Å²) >= 11 is 0. The van der Waals surface area contributed by atoms with Crippen molar-refractivity contribution in [3.05, 3.63) is 71.0 Å². The van der Waals surface area contributed by atoms with E-state index in [1.807, 2.05) is 12.1 Å². The minimum absolute atomic E-state index is 0.137. The van der Waals surface area contributed by atoms with Gasteiger partial charge in [-0.3, -0.25) is 9.79 Å². The van der Waals surface area contributed by atoms with Gasteiger partial charge >= 0.3 is 0 Å². The average Bonchev–Trinajstić information content (AvgIpc) is 2.67. The molecule has 0 spiro atoms. The second-order valence-electron chi connectivity index (χ2n) is 6.13. The van der Waals surface area contributed by atoms with E-state index in [1.54, 1.807) is 19.2 Å². The summed E-state index contributed by atoms with van der Waals surface area (Å²) < 4.78 is 13.1. The SMILES string of the molecule is CCc1ccccc1CNC(=NC)NCCNC(=O)Cc1cccc(F)c1. The Morgan fingerprint density at radius 2 is 1.74 bits per heavy atom. The number of nitrogens with one attached hydrogen (secondary N) is 3. The van der Waals surface area contributed by atoms with Crippen molar-refractivity contribution in [2.45, 2.75) is 26.3 Å². The van der Waals surface area contributed by atoms with Crippen molar-refractivity contribution in [2.24, 2.45) is 4.99 Å². The smallest absolute Gasteiger partial charge is 0.224 e. The summed E-state index contributed by atoms with van der Waals surface area (Å²) in [7, 11) is 1.71. The van der Waals surface area contributed by atoms with E-state index in [0.717, 1.165) is 6.42 Å². The first-order valence-corrected chi connectivity index (χ1v) is 9.14. The molecule has 6 heteroatoms. The number of benzene rings is 2. The molecule has 0 aliphatic rings. The maximum atomic E-state index is 13.1. The van der Waals surface area contributed by atoms with Crippen LogP contribution in [0, 0.1) is 5.82 Å². The Bertz CT molecular complexity index is 776. The van der Waals surface area contributed by atoms with Gasteiger partial charge in [-0.05, 0) is 35.2 Å². The van der Waals surface area contributed by atoms with E-state index in [0.29, 0.717) is 31.2 Å². The van der Waals surface area contributed by atoms with E-state index in [4.69, 9.17) is 0 Å². The van der Waals surface area contributed by atoms with Crippen LogP contribution in [0.5, 0.6) is 0 Å². The summed E-state index contributed by atoms with van der Waals surface area (Å²) in [5.41, 5.74) is 3.21. The van der Waals surface area contributed by atoms with Crippen LogP contribution in [-0.2, 0) is 24.2 Å². The zero-order chi connectivity index (χ0) is 19.5. The van der Waals surface area contributed by atoms with Gasteiger partial charge in [-0.25, -0.2) is 4.39 Å². The Kier molecular flexibility index (Phi) is 8.29. The Morgan fingerprint density at radius 3 is 2.44 bits per heavy atom. The molecule has 0 saturated carbocycles. The lowest BCUT2D eigenvalue weighted by molar-refractivity contribution is -0.120. The molecule has 0 saturated heterocycles. The topological polar surface area (TPSA) is 65.5 Å². The highest BCUT2D eigenvalue weighted by Gasteiger charge is 2.05. The van der Waals surface area contributed by atoms with Gasteiger partial charge in [-0.2, -0.15) is 0 Å². The highest BCUT2D eigenvalue weighted by atomic mass is 19.1. The first kappa shape index (κ1) is 20.4. The number of nitrogens with zero attached hydrogens (tertiary/aromatic N) is 1. The van der Waals surface area contributed by atoms with Crippen molar-refractivity contribution in [3.63, 3.8) is 0 Å². The van der Waals surface area contributed by atoms with E-state index in [2.05, 4.69) is 40.0 Å². The minimum Gasteiger partial charge on any atom is -0.355 e. The first-order valence-electron chi connectivity index (χ1n) is 9.14. The third kappa shape index (κ3) is 7.09. The molecule has 0 bridgehead atoms. The van der Waals surface area contributed by atoms with E-state index >= 15 is 0 Å². The Morgan fingerprint density at radius 1 is 1.00 bits per heavy atom. The van der Waals surface area contributed by atoms with Crippen molar-refractivity contribution in [1.29, 1.82) is 0 Å². The van der Waals surface area contributed by atoms with Gasteiger partial charge in [0.25, 0.3) is 0 Å². The molecule has 2 aromatic carbocycles. The van der Waals surface area contributed by atoms with Crippen molar-refractivity contribution in [1.82, 2.24) is 16.0 Å².